The number of amides is 1. The molecular weight excluding hydrogens is 238 g/mol. The van der Waals surface area contributed by atoms with Crippen LogP contribution in [0.5, 0.6) is 0 Å². The van der Waals surface area contributed by atoms with Gasteiger partial charge in [-0.2, -0.15) is 0 Å². The summed E-state index contributed by atoms with van der Waals surface area (Å²) in [6.45, 7) is 5.96. The second-order valence-corrected chi connectivity index (χ2v) is 5.41. The van der Waals surface area contributed by atoms with Crippen LogP contribution >= 0.6 is 0 Å². The summed E-state index contributed by atoms with van der Waals surface area (Å²) in [6.07, 6.45) is 4.47. The average molecular weight is 257 g/mol. The van der Waals surface area contributed by atoms with Crippen molar-refractivity contribution in [2.24, 2.45) is 0 Å². The molecule has 1 aromatic heterocycles. The quantitative estimate of drug-likeness (QED) is 0.827. The van der Waals surface area contributed by atoms with Crippen molar-refractivity contribution in [1.82, 2.24) is 4.90 Å². The van der Waals surface area contributed by atoms with E-state index in [-0.39, 0.29) is 5.91 Å². The highest BCUT2D eigenvalue weighted by molar-refractivity contribution is 5.89. The second kappa shape index (κ2) is 4.72. The standard InChI is InChI=1S/C16H19NO2/c1-11-5-6-14-13(10-19-16(14)12(11)2)9-15(18)17-7-3-4-8-17/h5-6,10H,3-4,7-9H2,1-2H3. The number of aryl methyl sites for hydroxylation is 2. The van der Waals surface area contributed by atoms with Gasteiger partial charge in [0, 0.05) is 24.0 Å². The van der Waals surface area contributed by atoms with Gasteiger partial charge in [0.05, 0.1) is 12.7 Å². The highest BCUT2D eigenvalue weighted by Crippen LogP contribution is 2.27. The van der Waals surface area contributed by atoms with Gasteiger partial charge in [0.15, 0.2) is 0 Å². The van der Waals surface area contributed by atoms with Gasteiger partial charge in [-0.15, -0.1) is 0 Å². The number of furan rings is 1. The first-order chi connectivity index (χ1) is 9.16. The first kappa shape index (κ1) is 12.3. The maximum atomic E-state index is 12.2. The van der Waals surface area contributed by atoms with Crippen LogP contribution in [0.25, 0.3) is 11.0 Å². The van der Waals surface area contributed by atoms with Crippen LogP contribution in [-0.4, -0.2) is 23.9 Å². The molecule has 0 bridgehead atoms. The zero-order chi connectivity index (χ0) is 13.4. The molecule has 1 aliphatic rings. The Kier molecular flexibility index (Phi) is 3.05. The molecule has 1 fully saturated rings. The minimum Gasteiger partial charge on any atom is -0.464 e. The van der Waals surface area contributed by atoms with Gasteiger partial charge in [-0.1, -0.05) is 12.1 Å². The SMILES string of the molecule is Cc1ccc2c(CC(=O)N3CCCC3)coc2c1C. The van der Waals surface area contributed by atoms with Crippen molar-refractivity contribution >= 4 is 16.9 Å². The lowest BCUT2D eigenvalue weighted by Gasteiger charge is -2.14. The Morgan fingerprint density at radius 2 is 2.00 bits per heavy atom. The van der Waals surface area contributed by atoms with Crippen LogP contribution in [0.2, 0.25) is 0 Å². The fraction of sp³-hybridized carbons (Fsp3) is 0.438. The fourth-order valence-corrected chi connectivity index (χ4v) is 2.77. The third kappa shape index (κ3) is 2.14. The lowest BCUT2D eigenvalue weighted by Crippen LogP contribution is -2.28. The predicted molar refractivity (Wildman–Crippen MR) is 75.2 cm³/mol. The van der Waals surface area contributed by atoms with Crippen molar-refractivity contribution in [1.29, 1.82) is 0 Å². The second-order valence-electron chi connectivity index (χ2n) is 5.41. The minimum atomic E-state index is 0.221. The van der Waals surface area contributed by atoms with E-state index < -0.39 is 0 Å². The zero-order valence-corrected chi connectivity index (χ0v) is 11.5. The van der Waals surface area contributed by atoms with E-state index in [4.69, 9.17) is 4.42 Å². The molecule has 0 atom stereocenters. The lowest BCUT2D eigenvalue weighted by atomic mass is 10.0. The molecule has 100 valence electrons. The summed E-state index contributed by atoms with van der Waals surface area (Å²) in [5, 5.41) is 1.08. The van der Waals surface area contributed by atoms with E-state index in [2.05, 4.69) is 26.0 Å². The Balaban J connectivity index is 1.89. The summed E-state index contributed by atoms with van der Waals surface area (Å²) in [5.41, 5.74) is 4.32. The Labute approximate surface area is 113 Å². The first-order valence-electron chi connectivity index (χ1n) is 6.91. The maximum Gasteiger partial charge on any atom is 0.227 e. The first-order valence-corrected chi connectivity index (χ1v) is 6.91. The topological polar surface area (TPSA) is 33.5 Å². The Morgan fingerprint density at radius 3 is 2.74 bits per heavy atom. The molecular formula is C16H19NO2. The van der Waals surface area contributed by atoms with E-state index in [9.17, 15) is 4.79 Å². The monoisotopic (exact) mass is 257 g/mol. The third-order valence-electron chi connectivity index (χ3n) is 4.14. The number of fused-ring (bicyclic) bond motifs is 1. The molecule has 1 saturated heterocycles. The molecule has 19 heavy (non-hydrogen) atoms. The Hall–Kier alpha value is -1.77. The molecule has 0 unspecified atom stereocenters. The van der Waals surface area contributed by atoms with Crippen molar-refractivity contribution in [3.63, 3.8) is 0 Å². The van der Waals surface area contributed by atoms with Crippen LogP contribution in [0.15, 0.2) is 22.8 Å². The van der Waals surface area contributed by atoms with Gasteiger partial charge in [-0.3, -0.25) is 4.79 Å². The molecule has 0 N–H and O–H groups in total. The Morgan fingerprint density at radius 1 is 1.26 bits per heavy atom. The summed E-state index contributed by atoms with van der Waals surface area (Å²) < 4.78 is 5.65. The minimum absolute atomic E-state index is 0.221. The van der Waals surface area contributed by atoms with E-state index in [1.807, 2.05) is 4.90 Å². The molecule has 1 amide bonds. The third-order valence-corrected chi connectivity index (χ3v) is 4.14. The van der Waals surface area contributed by atoms with Gasteiger partial charge < -0.3 is 9.32 Å². The van der Waals surface area contributed by atoms with Crippen LogP contribution in [0.3, 0.4) is 0 Å². The molecule has 2 aromatic rings. The van der Waals surface area contributed by atoms with Crippen LogP contribution < -0.4 is 0 Å². The smallest absolute Gasteiger partial charge is 0.227 e. The average Bonchev–Trinajstić information content (AvgIpc) is 3.04. The largest absolute Gasteiger partial charge is 0.464 e. The summed E-state index contributed by atoms with van der Waals surface area (Å²) >= 11 is 0. The van der Waals surface area contributed by atoms with E-state index in [1.165, 1.54) is 5.56 Å². The summed E-state index contributed by atoms with van der Waals surface area (Å²) in [5.74, 6) is 0.221. The van der Waals surface area contributed by atoms with Gasteiger partial charge in [-0.05, 0) is 37.8 Å². The lowest BCUT2D eigenvalue weighted by molar-refractivity contribution is -0.129. The highest BCUT2D eigenvalue weighted by atomic mass is 16.3. The molecule has 0 spiro atoms. The predicted octanol–water partition coefficient (Wildman–Crippen LogP) is 3.21. The number of carbonyl (C=O) groups is 1. The molecule has 3 heteroatoms. The van der Waals surface area contributed by atoms with Crippen molar-refractivity contribution in [3.05, 3.63) is 35.1 Å². The van der Waals surface area contributed by atoms with Crippen LogP contribution in [0.1, 0.15) is 29.5 Å². The van der Waals surface area contributed by atoms with E-state index in [0.29, 0.717) is 6.42 Å². The van der Waals surface area contributed by atoms with Gasteiger partial charge in [-0.25, -0.2) is 0 Å². The van der Waals surface area contributed by atoms with Gasteiger partial charge in [0.25, 0.3) is 0 Å². The fourth-order valence-electron chi connectivity index (χ4n) is 2.77. The van der Waals surface area contributed by atoms with Crippen molar-refractivity contribution in [3.8, 4) is 0 Å². The number of likely N-dealkylation sites (tertiary alicyclic amines) is 1. The number of hydrogen-bond acceptors (Lipinski definition) is 2. The number of rotatable bonds is 2. The van der Waals surface area contributed by atoms with Crippen LogP contribution in [-0.2, 0) is 11.2 Å². The number of hydrogen-bond donors (Lipinski definition) is 0. The van der Waals surface area contributed by atoms with E-state index >= 15 is 0 Å². The molecule has 1 aliphatic heterocycles. The van der Waals surface area contributed by atoms with Gasteiger partial charge in [0.2, 0.25) is 5.91 Å². The van der Waals surface area contributed by atoms with Crippen LogP contribution in [0, 0.1) is 13.8 Å². The van der Waals surface area contributed by atoms with E-state index in [1.54, 1.807) is 6.26 Å². The highest BCUT2D eigenvalue weighted by Gasteiger charge is 2.20. The van der Waals surface area contributed by atoms with Crippen molar-refractivity contribution in [2.45, 2.75) is 33.1 Å². The molecule has 2 heterocycles. The number of benzene rings is 1. The van der Waals surface area contributed by atoms with Crippen molar-refractivity contribution < 1.29 is 9.21 Å². The summed E-state index contributed by atoms with van der Waals surface area (Å²) in [4.78, 5) is 14.2. The summed E-state index contributed by atoms with van der Waals surface area (Å²) in [7, 11) is 0. The Bertz CT molecular complexity index is 621. The molecule has 3 nitrogen and oxygen atoms in total. The van der Waals surface area contributed by atoms with Crippen LogP contribution in [0.4, 0.5) is 0 Å². The molecule has 0 saturated carbocycles. The zero-order valence-electron chi connectivity index (χ0n) is 11.5. The van der Waals surface area contributed by atoms with Gasteiger partial charge >= 0.3 is 0 Å². The number of carbonyl (C=O) groups excluding carboxylic acids is 1. The normalized spacial score (nSPS) is 15.4. The molecule has 1 aromatic carbocycles. The molecule has 3 rings (SSSR count). The molecule has 0 radical (unpaired) electrons. The van der Waals surface area contributed by atoms with Crippen molar-refractivity contribution in [2.75, 3.05) is 13.1 Å². The van der Waals surface area contributed by atoms with E-state index in [0.717, 1.165) is 48.0 Å². The number of nitrogens with zero attached hydrogens (tertiary/aromatic N) is 1. The summed E-state index contributed by atoms with van der Waals surface area (Å²) in [6, 6.07) is 4.16. The maximum absolute atomic E-state index is 12.2. The molecule has 0 aliphatic carbocycles. The van der Waals surface area contributed by atoms with Gasteiger partial charge in [0.1, 0.15) is 5.58 Å².